The number of anilines is 1. The number of carbonyl (C=O) groups excluding carboxylic acids is 1. The second kappa shape index (κ2) is 5.55. The maximum Gasteiger partial charge on any atom is 0.267 e. The van der Waals surface area contributed by atoms with Crippen LogP contribution in [0.25, 0.3) is 0 Å². The lowest BCUT2D eigenvalue weighted by Crippen LogP contribution is -2.34. The molecule has 5 nitrogen and oxygen atoms in total. The van der Waals surface area contributed by atoms with Crippen LogP contribution in [0.1, 0.15) is 23.8 Å². The van der Waals surface area contributed by atoms with Crippen LogP contribution in [0.2, 0.25) is 0 Å². The fraction of sp³-hybridized carbons (Fsp3) is 0.545. The molecule has 0 aliphatic heterocycles. The third-order valence-corrected chi connectivity index (χ3v) is 2.34. The summed E-state index contributed by atoms with van der Waals surface area (Å²) in [4.78, 5) is 16.6. The molecule has 1 atom stereocenters. The molecule has 4 N–H and O–H groups in total. The molecule has 16 heavy (non-hydrogen) atoms. The monoisotopic (exact) mass is 224 g/mol. The Bertz CT molecular complexity index is 346. The van der Waals surface area contributed by atoms with Crippen molar-refractivity contribution >= 4 is 11.6 Å². The molecule has 1 unspecified atom stereocenters. The van der Waals surface area contributed by atoms with Gasteiger partial charge in [0.15, 0.2) is 0 Å². The van der Waals surface area contributed by atoms with E-state index in [0.29, 0.717) is 11.4 Å². The first-order valence-electron chi connectivity index (χ1n) is 5.38. The highest BCUT2D eigenvalue weighted by Gasteiger charge is 2.11. The molecule has 0 aromatic carbocycles. The van der Waals surface area contributed by atoms with Gasteiger partial charge in [0, 0.05) is 17.9 Å². The van der Waals surface area contributed by atoms with Gasteiger partial charge in [0.05, 0.1) is 0 Å². The van der Waals surface area contributed by atoms with Crippen LogP contribution >= 0.6 is 0 Å². The lowest BCUT2D eigenvalue weighted by Gasteiger charge is -2.16. The Morgan fingerprint density at radius 3 is 2.81 bits per heavy atom. The molecular formula is C11H20N4O. The topological polar surface area (TPSA) is 74.2 Å². The zero-order valence-corrected chi connectivity index (χ0v) is 10.1. The van der Waals surface area contributed by atoms with E-state index in [-0.39, 0.29) is 11.9 Å². The lowest BCUT2D eigenvalue weighted by molar-refractivity contribution is 0.0932. The number of aromatic nitrogens is 1. The minimum Gasteiger partial charge on any atom is -0.397 e. The molecule has 0 saturated carbocycles. The molecule has 1 heterocycles. The van der Waals surface area contributed by atoms with Crippen molar-refractivity contribution in [2.24, 2.45) is 0 Å². The van der Waals surface area contributed by atoms with Gasteiger partial charge < -0.3 is 20.9 Å². The second-order valence-electron chi connectivity index (χ2n) is 4.31. The summed E-state index contributed by atoms with van der Waals surface area (Å²) in [5.41, 5.74) is 6.61. The largest absolute Gasteiger partial charge is 0.397 e. The van der Waals surface area contributed by atoms with Gasteiger partial charge in [-0.15, -0.1) is 0 Å². The van der Waals surface area contributed by atoms with Crippen molar-refractivity contribution in [3.05, 3.63) is 18.0 Å². The van der Waals surface area contributed by atoms with Gasteiger partial charge in [-0.3, -0.25) is 4.79 Å². The predicted molar refractivity (Wildman–Crippen MR) is 65.3 cm³/mol. The fourth-order valence-electron chi connectivity index (χ4n) is 1.37. The molecule has 0 aliphatic rings. The summed E-state index contributed by atoms with van der Waals surface area (Å²) in [5.74, 6) is -0.108. The number of amides is 1. The molecule has 90 valence electrons. The molecule has 0 saturated heterocycles. The number of hydrogen-bond donors (Lipinski definition) is 3. The molecule has 0 spiro atoms. The Labute approximate surface area is 96.0 Å². The van der Waals surface area contributed by atoms with Crippen LogP contribution in [0.15, 0.2) is 12.3 Å². The summed E-state index contributed by atoms with van der Waals surface area (Å²) in [6.07, 6.45) is 2.54. The zero-order chi connectivity index (χ0) is 12.1. The van der Waals surface area contributed by atoms with Crippen molar-refractivity contribution in [3.8, 4) is 0 Å². The van der Waals surface area contributed by atoms with Gasteiger partial charge in [0.1, 0.15) is 5.69 Å². The van der Waals surface area contributed by atoms with Crippen LogP contribution in [0.4, 0.5) is 5.69 Å². The molecule has 1 aromatic heterocycles. The third-order valence-electron chi connectivity index (χ3n) is 2.34. The maximum atomic E-state index is 11.7. The molecule has 1 rings (SSSR count). The Hall–Kier alpha value is -1.49. The van der Waals surface area contributed by atoms with E-state index in [1.54, 1.807) is 12.3 Å². The van der Waals surface area contributed by atoms with Crippen LogP contribution in [-0.2, 0) is 0 Å². The summed E-state index contributed by atoms with van der Waals surface area (Å²) >= 11 is 0. The zero-order valence-electron chi connectivity index (χ0n) is 10.1. The van der Waals surface area contributed by atoms with E-state index in [0.717, 1.165) is 13.0 Å². The summed E-state index contributed by atoms with van der Waals surface area (Å²) in [6.45, 7) is 2.95. The Morgan fingerprint density at radius 1 is 1.62 bits per heavy atom. The summed E-state index contributed by atoms with van der Waals surface area (Å²) < 4.78 is 0. The first-order chi connectivity index (χ1) is 7.49. The van der Waals surface area contributed by atoms with Crippen LogP contribution in [-0.4, -0.2) is 42.5 Å². The molecule has 1 aromatic rings. The molecule has 0 bridgehead atoms. The van der Waals surface area contributed by atoms with Gasteiger partial charge in [-0.2, -0.15) is 0 Å². The van der Waals surface area contributed by atoms with E-state index in [2.05, 4.69) is 15.2 Å². The number of carbonyl (C=O) groups is 1. The van der Waals surface area contributed by atoms with Crippen LogP contribution in [0.3, 0.4) is 0 Å². The molecular weight excluding hydrogens is 204 g/mol. The van der Waals surface area contributed by atoms with Crippen LogP contribution in [0, 0.1) is 0 Å². The predicted octanol–water partition coefficient (Wildman–Crippen LogP) is 0.667. The molecule has 5 heteroatoms. The van der Waals surface area contributed by atoms with E-state index in [4.69, 9.17) is 5.73 Å². The van der Waals surface area contributed by atoms with Gasteiger partial charge in [0.2, 0.25) is 0 Å². The van der Waals surface area contributed by atoms with Gasteiger partial charge in [0.25, 0.3) is 5.91 Å². The van der Waals surface area contributed by atoms with Crippen LogP contribution in [0.5, 0.6) is 0 Å². The average molecular weight is 224 g/mol. The number of nitrogen functional groups attached to an aromatic ring is 1. The van der Waals surface area contributed by atoms with E-state index in [9.17, 15) is 4.79 Å². The highest BCUT2D eigenvalue weighted by molar-refractivity contribution is 5.93. The summed E-state index contributed by atoms with van der Waals surface area (Å²) in [6, 6.07) is 1.79. The number of aromatic amines is 1. The number of H-pyrrole nitrogens is 1. The number of nitrogens with zero attached hydrogens (tertiary/aromatic N) is 1. The molecule has 0 aliphatic carbocycles. The minimum absolute atomic E-state index is 0.108. The Morgan fingerprint density at radius 2 is 2.31 bits per heavy atom. The van der Waals surface area contributed by atoms with Crippen molar-refractivity contribution in [2.45, 2.75) is 19.4 Å². The van der Waals surface area contributed by atoms with Crippen molar-refractivity contribution in [1.82, 2.24) is 15.2 Å². The van der Waals surface area contributed by atoms with Crippen molar-refractivity contribution in [1.29, 1.82) is 0 Å². The smallest absolute Gasteiger partial charge is 0.267 e. The van der Waals surface area contributed by atoms with E-state index in [1.807, 2.05) is 21.0 Å². The average Bonchev–Trinajstić information content (AvgIpc) is 2.62. The molecule has 1 amide bonds. The van der Waals surface area contributed by atoms with Crippen molar-refractivity contribution in [2.75, 3.05) is 26.4 Å². The highest BCUT2D eigenvalue weighted by Crippen LogP contribution is 2.04. The highest BCUT2D eigenvalue weighted by atomic mass is 16.1. The van der Waals surface area contributed by atoms with E-state index < -0.39 is 0 Å². The quantitative estimate of drug-likeness (QED) is 0.688. The first-order valence-corrected chi connectivity index (χ1v) is 5.38. The maximum absolute atomic E-state index is 11.7. The number of rotatable bonds is 5. The number of nitrogens with one attached hydrogen (secondary N) is 2. The summed E-state index contributed by atoms with van der Waals surface area (Å²) in [5, 5.41) is 2.91. The van der Waals surface area contributed by atoms with Crippen molar-refractivity contribution < 1.29 is 4.79 Å². The van der Waals surface area contributed by atoms with Crippen molar-refractivity contribution in [3.63, 3.8) is 0 Å². The molecule has 0 radical (unpaired) electrons. The minimum atomic E-state index is -0.108. The van der Waals surface area contributed by atoms with Gasteiger partial charge in [-0.25, -0.2) is 0 Å². The fourth-order valence-corrected chi connectivity index (χ4v) is 1.37. The second-order valence-corrected chi connectivity index (χ2v) is 4.31. The Balaban J connectivity index is 2.39. The number of nitrogens with two attached hydrogens (primary N) is 1. The standard InChI is InChI=1S/C11H20N4O/c1-8(4-5-15(2)3)14-11(16)10-6-9(12)7-13-10/h6-8,13H,4-5,12H2,1-3H3,(H,14,16). The van der Waals surface area contributed by atoms with Gasteiger partial charge >= 0.3 is 0 Å². The normalized spacial score (nSPS) is 12.8. The van der Waals surface area contributed by atoms with E-state index >= 15 is 0 Å². The third kappa shape index (κ3) is 3.94. The summed E-state index contributed by atoms with van der Waals surface area (Å²) in [7, 11) is 4.03. The van der Waals surface area contributed by atoms with Gasteiger partial charge in [-0.05, 0) is 40.1 Å². The van der Waals surface area contributed by atoms with Crippen LogP contribution < -0.4 is 11.1 Å². The van der Waals surface area contributed by atoms with E-state index in [1.165, 1.54) is 0 Å². The first kappa shape index (κ1) is 12.6. The molecule has 0 fully saturated rings. The van der Waals surface area contributed by atoms with Gasteiger partial charge in [-0.1, -0.05) is 0 Å². The lowest BCUT2D eigenvalue weighted by atomic mass is 10.2. The number of hydrogen-bond acceptors (Lipinski definition) is 3. The Kier molecular flexibility index (Phi) is 4.37. The SMILES string of the molecule is CC(CCN(C)C)NC(=O)c1cc(N)c[nH]1.